The Balaban J connectivity index is 3.15. The van der Waals surface area contributed by atoms with Crippen LogP contribution in [0.25, 0.3) is 0 Å². The highest BCUT2D eigenvalue weighted by Gasteiger charge is 2.10. The first-order valence-corrected chi connectivity index (χ1v) is 4.09. The van der Waals surface area contributed by atoms with Gasteiger partial charge in [0.2, 0.25) is 0 Å². The summed E-state index contributed by atoms with van der Waals surface area (Å²) in [7, 11) is 1.33. The number of phenols is 1. The molecule has 0 atom stereocenters. The number of hydrogen-bond donors (Lipinski definition) is 1. The Bertz CT molecular complexity index is 318. The van der Waals surface area contributed by atoms with Crippen LogP contribution < -0.4 is 0 Å². The Labute approximate surface area is 77.0 Å². The standard InChI is InChI=1S/C10H12O3/c1-3-7-4-5-8(11)6-9(7)10(12)13-2/h4-6,11H,3H2,1-2H3. The maximum atomic E-state index is 11.2. The second-order valence-electron chi connectivity index (χ2n) is 2.69. The summed E-state index contributed by atoms with van der Waals surface area (Å²) in [6.45, 7) is 1.94. The monoisotopic (exact) mass is 180 g/mol. The second-order valence-corrected chi connectivity index (χ2v) is 2.69. The van der Waals surface area contributed by atoms with Gasteiger partial charge in [0.1, 0.15) is 5.75 Å². The average molecular weight is 180 g/mol. The lowest BCUT2D eigenvalue weighted by Gasteiger charge is -2.05. The zero-order valence-corrected chi connectivity index (χ0v) is 7.70. The SMILES string of the molecule is CCc1ccc(O)cc1C(=O)OC. The molecule has 70 valence electrons. The van der Waals surface area contributed by atoms with Crippen LogP contribution in [0.2, 0.25) is 0 Å². The number of carbonyl (C=O) groups is 1. The van der Waals surface area contributed by atoms with E-state index >= 15 is 0 Å². The highest BCUT2D eigenvalue weighted by atomic mass is 16.5. The van der Waals surface area contributed by atoms with Gasteiger partial charge in [0.05, 0.1) is 12.7 Å². The van der Waals surface area contributed by atoms with Crippen molar-refractivity contribution >= 4 is 5.97 Å². The number of aryl methyl sites for hydroxylation is 1. The molecule has 0 saturated heterocycles. The minimum atomic E-state index is -0.409. The molecule has 0 heterocycles. The highest BCUT2D eigenvalue weighted by Crippen LogP contribution is 2.17. The molecule has 0 amide bonds. The first kappa shape index (κ1) is 9.58. The number of methoxy groups -OCH3 is 1. The van der Waals surface area contributed by atoms with Gasteiger partial charge in [-0.25, -0.2) is 4.79 Å². The van der Waals surface area contributed by atoms with Gasteiger partial charge in [-0.05, 0) is 24.1 Å². The van der Waals surface area contributed by atoms with Crippen molar-refractivity contribution in [1.29, 1.82) is 0 Å². The van der Waals surface area contributed by atoms with Crippen LogP contribution in [0.3, 0.4) is 0 Å². The van der Waals surface area contributed by atoms with Gasteiger partial charge >= 0.3 is 5.97 Å². The third kappa shape index (κ3) is 1.99. The Morgan fingerprint density at radius 3 is 2.77 bits per heavy atom. The van der Waals surface area contributed by atoms with Crippen molar-refractivity contribution < 1.29 is 14.6 Å². The van der Waals surface area contributed by atoms with Crippen LogP contribution in [0.15, 0.2) is 18.2 Å². The number of phenolic OH excluding ortho intramolecular Hbond substituents is 1. The third-order valence-electron chi connectivity index (χ3n) is 1.88. The number of carbonyl (C=O) groups excluding carboxylic acids is 1. The maximum Gasteiger partial charge on any atom is 0.338 e. The predicted molar refractivity (Wildman–Crippen MR) is 48.8 cm³/mol. The van der Waals surface area contributed by atoms with E-state index in [9.17, 15) is 4.79 Å². The molecule has 3 nitrogen and oxygen atoms in total. The maximum absolute atomic E-state index is 11.2. The molecule has 0 aliphatic carbocycles. The minimum absolute atomic E-state index is 0.0811. The van der Waals surface area contributed by atoms with E-state index in [1.807, 2.05) is 6.92 Å². The van der Waals surface area contributed by atoms with E-state index in [0.717, 1.165) is 12.0 Å². The van der Waals surface area contributed by atoms with E-state index in [-0.39, 0.29) is 5.75 Å². The lowest BCUT2D eigenvalue weighted by molar-refractivity contribution is 0.0599. The molecule has 0 aromatic heterocycles. The molecule has 0 aliphatic rings. The van der Waals surface area contributed by atoms with Crippen molar-refractivity contribution in [3.8, 4) is 5.75 Å². The molecule has 1 aromatic carbocycles. The number of ether oxygens (including phenoxy) is 1. The molecular formula is C10H12O3. The molecule has 0 radical (unpaired) electrons. The van der Waals surface area contributed by atoms with Crippen LogP contribution in [-0.2, 0) is 11.2 Å². The highest BCUT2D eigenvalue weighted by molar-refractivity contribution is 5.91. The zero-order valence-electron chi connectivity index (χ0n) is 7.70. The summed E-state index contributed by atoms with van der Waals surface area (Å²) in [4.78, 5) is 11.2. The first-order chi connectivity index (χ1) is 6.19. The van der Waals surface area contributed by atoms with E-state index in [1.165, 1.54) is 13.2 Å². The van der Waals surface area contributed by atoms with Crippen LogP contribution >= 0.6 is 0 Å². The van der Waals surface area contributed by atoms with Crippen molar-refractivity contribution in [2.75, 3.05) is 7.11 Å². The van der Waals surface area contributed by atoms with Gasteiger partial charge in [-0.1, -0.05) is 13.0 Å². The molecule has 3 heteroatoms. The molecule has 0 saturated carbocycles. The molecule has 1 N–H and O–H groups in total. The normalized spacial score (nSPS) is 9.69. The molecule has 0 aliphatic heterocycles. The summed E-state index contributed by atoms with van der Waals surface area (Å²) in [5.74, 6) is -0.328. The first-order valence-electron chi connectivity index (χ1n) is 4.09. The Hall–Kier alpha value is -1.51. The Morgan fingerprint density at radius 2 is 2.23 bits per heavy atom. The van der Waals surface area contributed by atoms with Crippen molar-refractivity contribution in [3.63, 3.8) is 0 Å². The van der Waals surface area contributed by atoms with E-state index in [4.69, 9.17) is 5.11 Å². The lowest BCUT2D eigenvalue weighted by atomic mass is 10.1. The molecule has 13 heavy (non-hydrogen) atoms. The molecular weight excluding hydrogens is 168 g/mol. The van der Waals surface area contributed by atoms with E-state index in [2.05, 4.69) is 4.74 Å². The lowest BCUT2D eigenvalue weighted by Crippen LogP contribution is -2.04. The Kier molecular flexibility index (Phi) is 2.90. The zero-order chi connectivity index (χ0) is 9.84. The van der Waals surface area contributed by atoms with E-state index < -0.39 is 5.97 Å². The summed E-state index contributed by atoms with van der Waals surface area (Å²) in [6.07, 6.45) is 0.741. The van der Waals surface area contributed by atoms with E-state index in [0.29, 0.717) is 5.56 Å². The second kappa shape index (κ2) is 3.94. The average Bonchev–Trinajstić information content (AvgIpc) is 2.16. The van der Waals surface area contributed by atoms with Crippen LogP contribution in [0, 0.1) is 0 Å². The topological polar surface area (TPSA) is 46.5 Å². The smallest absolute Gasteiger partial charge is 0.338 e. The summed E-state index contributed by atoms with van der Waals surface area (Å²) in [5, 5.41) is 9.17. The van der Waals surface area contributed by atoms with Crippen molar-refractivity contribution in [1.82, 2.24) is 0 Å². The fourth-order valence-corrected chi connectivity index (χ4v) is 1.17. The van der Waals surface area contributed by atoms with Crippen molar-refractivity contribution in [3.05, 3.63) is 29.3 Å². The van der Waals surface area contributed by atoms with Gasteiger partial charge in [-0.3, -0.25) is 0 Å². The van der Waals surface area contributed by atoms with Gasteiger partial charge in [0.25, 0.3) is 0 Å². The largest absolute Gasteiger partial charge is 0.508 e. The van der Waals surface area contributed by atoms with Gasteiger partial charge < -0.3 is 9.84 Å². The van der Waals surface area contributed by atoms with Gasteiger partial charge in [0, 0.05) is 0 Å². The van der Waals surface area contributed by atoms with E-state index in [1.54, 1.807) is 12.1 Å². The van der Waals surface area contributed by atoms with Gasteiger partial charge in [0.15, 0.2) is 0 Å². The van der Waals surface area contributed by atoms with Gasteiger partial charge in [-0.2, -0.15) is 0 Å². The number of rotatable bonds is 2. The summed E-state index contributed by atoms with van der Waals surface area (Å²) in [5.41, 5.74) is 1.31. The number of aromatic hydroxyl groups is 1. The molecule has 0 spiro atoms. The quantitative estimate of drug-likeness (QED) is 0.705. The molecule has 0 unspecified atom stereocenters. The number of esters is 1. The summed E-state index contributed by atoms with van der Waals surface area (Å²) < 4.78 is 4.58. The predicted octanol–water partition coefficient (Wildman–Crippen LogP) is 1.74. The fraction of sp³-hybridized carbons (Fsp3) is 0.300. The van der Waals surface area contributed by atoms with Crippen LogP contribution in [0.5, 0.6) is 5.75 Å². The van der Waals surface area contributed by atoms with Crippen LogP contribution in [-0.4, -0.2) is 18.2 Å². The minimum Gasteiger partial charge on any atom is -0.508 e. The molecule has 0 bridgehead atoms. The van der Waals surface area contributed by atoms with Crippen molar-refractivity contribution in [2.24, 2.45) is 0 Å². The summed E-state index contributed by atoms with van der Waals surface area (Å²) >= 11 is 0. The van der Waals surface area contributed by atoms with Crippen molar-refractivity contribution in [2.45, 2.75) is 13.3 Å². The number of hydrogen-bond acceptors (Lipinski definition) is 3. The van der Waals surface area contributed by atoms with Gasteiger partial charge in [-0.15, -0.1) is 0 Å². The van der Waals surface area contributed by atoms with Crippen LogP contribution in [0.4, 0.5) is 0 Å². The fourth-order valence-electron chi connectivity index (χ4n) is 1.17. The summed E-state index contributed by atoms with van der Waals surface area (Å²) in [6, 6.07) is 4.71. The number of benzene rings is 1. The molecule has 0 fully saturated rings. The van der Waals surface area contributed by atoms with Crippen LogP contribution in [0.1, 0.15) is 22.8 Å². The molecule has 1 aromatic rings. The Morgan fingerprint density at radius 1 is 1.54 bits per heavy atom. The molecule has 1 rings (SSSR count). The third-order valence-corrected chi connectivity index (χ3v) is 1.88.